The van der Waals surface area contributed by atoms with E-state index in [0.717, 1.165) is 5.56 Å². The number of nitrogens with one attached hydrogen (secondary N) is 2. The largest absolute Gasteiger partial charge is 0.350 e. The molecule has 0 atom stereocenters. The minimum absolute atomic E-state index is 0.105. The Bertz CT molecular complexity index is 1210. The molecule has 2 aromatic carbocycles. The minimum Gasteiger partial charge on any atom is -0.350 e. The molecule has 1 amide bonds. The number of aryl methyl sites for hydroxylation is 1. The number of amides is 1. The maximum atomic E-state index is 12.5. The summed E-state index contributed by atoms with van der Waals surface area (Å²) in [6, 6.07) is 19.6. The molecule has 0 radical (unpaired) electrons. The van der Waals surface area contributed by atoms with E-state index in [4.69, 9.17) is 4.52 Å². The van der Waals surface area contributed by atoms with Crippen LogP contribution in [0.3, 0.4) is 0 Å². The highest BCUT2D eigenvalue weighted by atomic mass is 16.5. The predicted octanol–water partition coefficient (Wildman–Crippen LogP) is 3.91. The molecule has 0 fully saturated rings. The smallest absolute Gasteiger partial charge is 0.294 e. The molecular formula is C22H18N4O3. The van der Waals surface area contributed by atoms with Crippen LogP contribution in [0.5, 0.6) is 0 Å². The lowest BCUT2D eigenvalue weighted by atomic mass is 10.1. The van der Waals surface area contributed by atoms with Gasteiger partial charge in [-0.1, -0.05) is 54.5 Å². The van der Waals surface area contributed by atoms with E-state index >= 15 is 0 Å². The molecule has 0 spiro atoms. The van der Waals surface area contributed by atoms with Crippen molar-refractivity contribution in [3.63, 3.8) is 0 Å². The van der Waals surface area contributed by atoms with E-state index in [1.807, 2.05) is 43.3 Å². The lowest BCUT2D eigenvalue weighted by molar-refractivity contribution is 0.0988. The average molecular weight is 386 g/mol. The van der Waals surface area contributed by atoms with Gasteiger partial charge in [-0.25, -0.2) is 4.98 Å². The highest BCUT2D eigenvalue weighted by molar-refractivity contribution is 6.03. The summed E-state index contributed by atoms with van der Waals surface area (Å²) in [4.78, 5) is 31.5. The molecule has 7 nitrogen and oxygen atoms in total. The molecule has 29 heavy (non-hydrogen) atoms. The number of aromatic amines is 1. The molecule has 0 saturated heterocycles. The van der Waals surface area contributed by atoms with Crippen LogP contribution in [0.4, 0.5) is 5.69 Å². The Kier molecular flexibility index (Phi) is 5.03. The van der Waals surface area contributed by atoms with E-state index in [-0.39, 0.29) is 11.3 Å². The van der Waals surface area contributed by atoms with Crippen molar-refractivity contribution in [1.29, 1.82) is 0 Å². The van der Waals surface area contributed by atoms with Crippen LogP contribution in [-0.2, 0) is 6.42 Å². The van der Waals surface area contributed by atoms with Crippen molar-refractivity contribution in [2.24, 2.45) is 0 Å². The lowest BCUT2D eigenvalue weighted by Crippen LogP contribution is -2.12. The first-order valence-corrected chi connectivity index (χ1v) is 9.16. The topological polar surface area (TPSA) is 101 Å². The van der Waals surface area contributed by atoms with Gasteiger partial charge in [-0.2, -0.15) is 0 Å². The van der Waals surface area contributed by atoms with Crippen LogP contribution in [0.25, 0.3) is 22.6 Å². The van der Waals surface area contributed by atoms with Crippen molar-refractivity contribution in [2.45, 2.75) is 13.3 Å². The van der Waals surface area contributed by atoms with Crippen LogP contribution in [-0.4, -0.2) is 21.0 Å². The van der Waals surface area contributed by atoms with E-state index in [1.54, 1.807) is 24.3 Å². The van der Waals surface area contributed by atoms with Crippen LogP contribution >= 0.6 is 0 Å². The summed E-state index contributed by atoms with van der Waals surface area (Å²) in [6.07, 6.45) is 0.655. The van der Waals surface area contributed by atoms with Crippen LogP contribution in [0.2, 0.25) is 0 Å². The number of benzene rings is 2. The third kappa shape index (κ3) is 4.14. The monoisotopic (exact) mass is 386 g/mol. The van der Waals surface area contributed by atoms with Crippen molar-refractivity contribution in [3.8, 4) is 22.6 Å². The molecule has 0 aliphatic rings. The molecule has 144 valence electrons. The van der Waals surface area contributed by atoms with Gasteiger partial charge < -0.3 is 14.8 Å². The molecule has 2 heterocycles. The zero-order valence-electron chi connectivity index (χ0n) is 15.7. The zero-order chi connectivity index (χ0) is 20.2. The van der Waals surface area contributed by atoms with E-state index in [0.29, 0.717) is 34.9 Å². The van der Waals surface area contributed by atoms with Gasteiger partial charge >= 0.3 is 0 Å². The van der Waals surface area contributed by atoms with Crippen molar-refractivity contribution in [1.82, 2.24) is 15.1 Å². The number of hydrogen-bond acceptors (Lipinski definition) is 5. The Labute approximate surface area is 166 Å². The lowest BCUT2D eigenvalue weighted by Gasteiger charge is -2.07. The van der Waals surface area contributed by atoms with Crippen LogP contribution in [0.15, 0.2) is 76.0 Å². The Morgan fingerprint density at radius 2 is 1.83 bits per heavy atom. The van der Waals surface area contributed by atoms with E-state index < -0.39 is 5.91 Å². The second kappa shape index (κ2) is 7.93. The fraction of sp³-hybridized carbons (Fsp3) is 0.0909. The number of hydrogen-bond donors (Lipinski definition) is 2. The number of aromatic nitrogens is 3. The van der Waals surface area contributed by atoms with Crippen LogP contribution in [0, 0.1) is 0 Å². The molecule has 7 heteroatoms. The normalized spacial score (nSPS) is 10.7. The molecule has 0 aliphatic carbocycles. The Balaban J connectivity index is 1.56. The summed E-state index contributed by atoms with van der Waals surface area (Å²) in [6.45, 7) is 1.93. The second-order valence-electron chi connectivity index (χ2n) is 6.42. The van der Waals surface area contributed by atoms with Crippen molar-refractivity contribution < 1.29 is 9.32 Å². The van der Waals surface area contributed by atoms with E-state index in [9.17, 15) is 9.59 Å². The van der Waals surface area contributed by atoms with Gasteiger partial charge in [0.15, 0.2) is 0 Å². The van der Waals surface area contributed by atoms with Gasteiger partial charge in [0.2, 0.25) is 5.76 Å². The summed E-state index contributed by atoms with van der Waals surface area (Å²) >= 11 is 0. The van der Waals surface area contributed by atoms with Crippen molar-refractivity contribution in [3.05, 3.63) is 88.5 Å². The van der Waals surface area contributed by atoms with Gasteiger partial charge in [0.25, 0.3) is 11.5 Å². The Hall–Kier alpha value is -4.00. The van der Waals surface area contributed by atoms with Gasteiger partial charge in [0, 0.05) is 34.6 Å². The molecule has 0 unspecified atom stereocenters. The molecule has 2 N–H and O–H groups in total. The SMILES string of the molecule is CCc1cc(=O)[nH]c(-c2cccc(NC(=O)c3cc(-c4ccccc4)no3)c2)n1. The van der Waals surface area contributed by atoms with E-state index in [2.05, 4.69) is 20.4 Å². The van der Waals surface area contributed by atoms with Crippen molar-refractivity contribution in [2.75, 3.05) is 5.32 Å². The molecule has 0 bridgehead atoms. The fourth-order valence-corrected chi connectivity index (χ4v) is 2.89. The molecule has 4 rings (SSSR count). The summed E-state index contributed by atoms with van der Waals surface area (Å²) in [7, 11) is 0. The first-order valence-electron chi connectivity index (χ1n) is 9.16. The third-order valence-electron chi connectivity index (χ3n) is 4.35. The van der Waals surface area contributed by atoms with Crippen molar-refractivity contribution >= 4 is 11.6 Å². The summed E-state index contributed by atoms with van der Waals surface area (Å²) in [5.41, 5.74) is 3.18. The van der Waals surface area contributed by atoms with Gasteiger partial charge in [-0.15, -0.1) is 0 Å². The number of rotatable bonds is 5. The van der Waals surface area contributed by atoms with Gasteiger partial charge in [0.1, 0.15) is 11.5 Å². The number of H-pyrrole nitrogens is 1. The molecule has 4 aromatic rings. The third-order valence-corrected chi connectivity index (χ3v) is 4.35. The number of carbonyl (C=O) groups is 1. The van der Waals surface area contributed by atoms with Crippen LogP contribution in [0.1, 0.15) is 23.2 Å². The summed E-state index contributed by atoms with van der Waals surface area (Å²) in [5.74, 6) is 0.144. The molecular weight excluding hydrogens is 368 g/mol. The second-order valence-corrected chi connectivity index (χ2v) is 6.42. The maximum absolute atomic E-state index is 12.5. The average Bonchev–Trinajstić information content (AvgIpc) is 3.25. The first kappa shape index (κ1) is 18.4. The minimum atomic E-state index is -0.416. The van der Waals surface area contributed by atoms with Crippen LogP contribution < -0.4 is 10.9 Å². The zero-order valence-corrected chi connectivity index (χ0v) is 15.7. The highest BCUT2D eigenvalue weighted by Crippen LogP contribution is 2.22. The Morgan fingerprint density at radius 3 is 2.62 bits per heavy atom. The number of nitrogens with zero attached hydrogens (tertiary/aromatic N) is 2. The first-order chi connectivity index (χ1) is 14.1. The van der Waals surface area contributed by atoms with Gasteiger partial charge in [-0.3, -0.25) is 9.59 Å². The maximum Gasteiger partial charge on any atom is 0.294 e. The molecule has 0 aliphatic heterocycles. The summed E-state index contributed by atoms with van der Waals surface area (Å²) in [5, 5.41) is 6.74. The standard InChI is InChI=1S/C22H18N4O3/c1-2-16-12-20(27)25-21(23-16)15-9-6-10-17(11-15)24-22(28)19-13-18(26-29-19)14-7-4-3-5-8-14/h3-13H,2H2,1H3,(H,24,28)(H,23,25,27). The molecule has 0 saturated carbocycles. The van der Waals surface area contributed by atoms with E-state index in [1.165, 1.54) is 6.07 Å². The van der Waals surface area contributed by atoms with Gasteiger partial charge in [-0.05, 0) is 18.6 Å². The number of anilines is 1. The highest BCUT2D eigenvalue weighted by Gasteiger charge is 2.15. The van der Waals surface area contributed by atoms with Gasteiger partial charge in [0.05, 0.1) is 0 Å². The Morgan fingerprint density at radius 1 is 1.03 bits per heavy atom. The predicted molar refractivity (Wildman–Crippen MR) is 110 cm³/mol. The quantitative estimate of drug-likeness (QED) is 0.542. The summed E-state index contributed by atoms with van der Waals surface area (Å²) < 4.78 is 5.19. The number of carbonyl (C=O) groups excluding carboxylic acids is 1. The molecule has 2 aromatic heterocycles. The fourth-order valence-electron chi connectivity index (χ4n) is 2.89.